The molecule has 0 amide bonds. The van der Waals surface area contributed by atoms with Crippen molar-refractivity contribution in [2.45, 2.75) is 25.4 Å². The van der Waals surface area contributed by atoms with E-state index in [1.165, 1.54) is 18.2 Å². The van der Waals surface area contributed by atoms with E-state index in [2.05, 4.69) is 28.7 Å². The van der Waals surface area contributed by atoms with Crippen molar-refractivity contribution in [2.24, 2.45) is 5.92 Å². The van der Waals surface area contributed by atoms with Gasteiger partial charge in [0, 0.05) is 38.9 Å². The lowest BCUT2D eigenvalue weighted by Gasteiger charge is -2.32. The van der Waals surface area contributed by atoms with E-state index in [1.807, 2.05) is 30.3 Å². The molecular formula is C26H18F3IN2O. The van der Waals surface area contributed by atoms with Crippen LogP contribution < -0.4 is 4.74 Å². The number of nitrogens with zero attached hydrogens (tertiary/aromatic N) is 2. The van der Waals surface area contributed by atoms with Crippen molar-refractivity contribution in [3.05, 3.63) is 92.9 Å². The van der Waals surface area contributed by atoms with E-state index in [1.54, 1.807) is 4.57 Å². The maximum atomic E-state index is 14.7. The van der Waals surface area contributed by atoms with Crippen LogP contribution in [0.15, 0.2) is 60.7 Å². The van der Waals surface area contributed by atoms with Crippen LogP contribution in [0.3, 0.4) is 0 Å². The molecule has 1 fully saturated rings. The van der Waals surface area contributed by atoms with Crippen LogP contribution in [0.2, 0.25) is 0 Å². The van der Waals surface area contributed by atoms with Crippen LogP contribution in [0.4, 0.5) is 13.2 Å². The quantitative estimate of drug-likeness (QED) is 0.242. The Bertz CT molecular complexity index is 1390. The van der Waals surface area contributed by atoms with Gasteiger partial charge in [0.25, 0.3) is 0 Å². The summed E-state index contributed by atoms with van der Waals surface area (Å²) in [4.78, 5) is 0. The molecule has 7 heteroatoms. The normalized spacial score (nSPS) is 17.5. The van der Waals surface area contributed by atoms with Gasteiger partial charge in [-0.05, 0) is 59.2 Å². The summed E-state index contributed by atoms with van der Waals surface area (Å²) in [6.45, 7) is 0.265. The Balaban J connectivity index is 1.69. The average molecular weight is 558 g/mol. The summed E-state index contributed by atoms with van der Waals surface area (Å²) in [6, 6.07) is 18.3. The van der Waals surface area contributed by atoms with Crippen LogP contribution in [0.5, 0.6) is 5.75 Å². The molecule has 1 aromatic heterocycles. The molecule has 0 radical (unpaired) electrons. The summed E-state index contributed by atoms with van der Waals surface area (Å²) in [5, 5.41) is 9.97. The van der Waals surface area contributed by atoms with Gasteiger partial charge in [-0.15, -0.1) is 0 Å². The Morgan fingerprint density at radius 1 is 1.00 bits per heavy atom. The second-order valence-electron chi connectivity index (χ2n) is 8.20. The number of benzene rings is 3. The first kappa shape index (κ1) is 21.8. The van der Waals surface area contributed by atoms with Crippen molar-refractivity contribution in [3.8, 4) is 17.5 Å². The number of ether oxygens (including phenoxy) is 1. The van der Waals surface area contributed by atoms with Gasteiger partial charge < -0.3 is 9.30 Å². The zero-order valence-corrected chi connectivity index (χ0v) is 19.5. The third kappa shape index (κ3) is 3.97. The number of nitriles is 1. The molecule has 0 bridgehead atoms. The van der Waals surface area contributed by atoms with Gasteiger partial charge in [0.05, 0.1) is 17.0 Å². The van der Waals surface area contributed by atoms with Gasteiger partial charge in [-0.2, -0.15) is 5.26 Å². The van der Waals surface area contributed by atoms with E-state index < -0.39 is 17.5 Å². The van der Waals surface area contributed by atoms with E-state index in [-0.39, 0.29) is 18.4 Å². The summed E-state index contributed by atoms with van der Waals surface area (Å²) >= 11 is 2.21. The fourth-order valence-corrected chi connectivity index (χ4v) is 5.60. The third-order valence-corrected chi connectivity index (χ3v) is 7.17. The molecule has 0 unspecified atom stereocenters. The lowest BCUT2D eigenvalue weighted by Crippen LogP contribution is -2.23. The van der Waals surface area contributed by atoms with E-state index in [9.17, 15) is 18.4 Å². The molecule has 1 saturated carbocycles. The Morgan fingerprint density at radius 2 is 1.76 bits per heavy atom. The number of fused-ring (bicyclic) bond motifs is 1. The molecule has 0 N–H and O–H groups in total. The highest BCUT2D eigenvalue weighted by molar-refractivity contribution is 14.1. The van der Waals surface area contributed by atoms with E-state index in [0.29, 0.717) is 35.2 Å². The first-order chi connectivity index (χ1) is 16.0. The van der Waals surface area contributed by atoms with E-state index in [4.69, 9.17) is 4.74 Å². The van der Waals surface area contributed by atoms with E-state index in [0.717, 1.165) is 27.0 Å². The molecule has 33 heavy (non-hydrogen) atoms. The molecule has 1 aliphatic carbocycles. The topological polar surface area (TPSA) is 37.9 Å². The molecular weight excluding hydrogens is 540 g/mol. The third-order valence-electron chi connectivity index (χ3n) is 6.08. The van der Waals surface area contributed by atoms with Crippen LogP contribution in [-0.4, -0.2) is 4.57 Å². The molecule has 4 aromatic rings. The largest absolute Gasteiger partial charge is 0.488 e. The molecule has 0 atom stereocenters. The monoisotopic (exact) mass is 558 g/mol. The maximum Gasteiger partial charge on any atom is 0.160 e. The highest BCUT2D eigenvalue weighted by atomic mass is 127. The maximum absolute atomic E-state index is 14.7. The van der Waals surface area contributed by atoms with Crippen LogP contribution >= 0.6 is 22.6 Å². The molecule has 3 aromatic carbocycles. The average Bonchev–Trinajstić information content (AvgIpc) is 3.06. The molecule has 0 saturated heterocycles. The second-order valence-corrected chi connectivity index (χ2v) is 9.28. The van der Waals surface area contributed by atoms with Gasteiger partial charge in [-0.25, -0.2) is 13.2 Å². The van der Waals surface area contributed by atoms with Gasteiger partial charge in [0.15, 0.2) is 11.6 Å². The van der Waals surface area contributed by atoms with Crippen molar-refractivity contribution in [1.29, 1.82) is 5.26 Å². The molecule has 3 nitrogen and oxygen atoms in total. The summed E-state index contributed by atoms with van der Waals surface area (Å²) in [5.74, 6) is -2.02. The molecule has 0 spiro atoms. The Hall–Kier alpha value is -2.99. The minimum Gasteiger partial charge on any atom is -0.488 e. The fourth-order valence-electron chi connectivity index (χ4n) is 4.38. The molecule has 5 rings (SSSR count). The summed E-state index contributed by atoms with van der Waals surface area (Å²) in [5.41, 5.74) is 2.72. The minimum atomic E-state index is -0.976. The highest BCUT2D eigenvalue weighted by Crippen LogP contribution is 2.48. The zero-order valence-electron chi connectivity index (χ0n) is 17.4. The standard InChI is InChI=1S/C26H18F3IN2O/c27-18-10-22-24(23(11-18)33-14-15-4-2-1-3-5-15)25(30)26(17-8-16(9-17)13-31)32(22)19-6-7-20(28)21(29)12-19/h1-7,10-12,16-17H,8-9,14H2. The predicted octanol–water partition coefficient (Wildman–Crippen LogP) is 7.25. The molecule has 1 heterocycles. The van der Waals surface area contributed by atoms with Crippen LogP contribution in [0.1, 0.15) is 30.0 Å². The summed E-state index contributed by atoms with van der Waals surface area (Å²) in [7, 11) is 0. The molecule has 166 valence electrons. The Labute approximate surface area is 202 Å². The number of hydrogen-bond acceptors (Lipinski definition) is 2. The number of rotatable bonds is 5. The van der Waals surface area contributed by atoms with Crippen LogP contribution in [0, 0.1) is 38.3 Å². The Morgan fingerprint density at radius 3 is 2.45 bits per heavy atom. The highest BCUT2D eigenvalue weighted by Gasteiger charge is 2.36. The molecule has 1 aliphatic rings. The number of hydrogen-bond donors (Lipinski definition) is 0. The van der Waals surface area contributed by atoms with Gasteiger partial charge in [0.2, 0.25) is 0 Å². The van der Waals surface area contributed by atoms with Crippen molar-refractivity contribution in [3.63, 3.8) is 0 Å². The van der Waals surface area contributed by atoms with Crippen molar-refractivity contribution >= 4 is 33.5 Å². The van der Waals surface area contributed by atoms with Gasteiger partial charge in [-0.1, -0.05) is 30.3 Å². The van der Waals surface area contributed by atoms with Crippen molar-refractivity contribution in [1.82, 2.24) is 4.57 Å². The zero-order chi connectivity index (χ0) is 23.1. The van der Waals surface area contributed by atoms with Crippen LogP contribution in [-0.2, 0) is 6.61 Å². The van der Waals surface area contributed by atoms with Crippen molar-refractivity contribution in [2.75, 3.05) is 0 Å². The fraction of sp³-hybridized carbons (Fsp3) is 0.192. The second kappa shape index (κ2) is 8.75. The van der Waals surface area contributed by atoms with Gasteiger partial charge in [0.1, 0.15) is 18.2 Å². The van der Waals surface area contributed by atoms with Crippen molar-refractivity contribution < 1.29 is 17.9 Å². The Kier molecular flexibility index (Phi) is 5.79. The predicted molar refractivity (Wildman–Crippen MR) is 128 cm³/mol. The summed E-state index contributed by atoms with van der Waals surface area (Å²) in [6.07, 6.45) is 1.32. The van der Waals surface area contributed by atoms with Gasteiger partial charge in [-0.3, -0.25) is 0 Å². The van der Waals surface area contributed by atoms with Gasteiger partial charge >= 0.3 is 0 Å². The lowest BCUT2D eigenvalue weighted by atomic mass is 9.74. The van der Waals surface area contributed by atoms with Crippen LogP contribution in [0.25, 0.3) is 16.6 Å². The number of halogens is 4. The first-order valence-corrected chi connectivity index (χ1v) is 11.6. The lowest BCUT2D eigenvalue weighted by molar-refractivity contribution is 0.308. The summed E-state index contributed by atoms with van der Waals surface area (Å²) < 4.78 is 51.2. The van der Waals surface area contributed by atoms with E-state index >= 15 is 0 Å². The SMILES string of the molecule is N#CC1CC(c2c(I)c3c(OCc4ccccc4)cc(F)cc3n2-c2ccc(F)c(F)c2)C1. The molecule has 0 aliphatic heterocycles. The smallest absolute Gasteiger partial charge is 0.160 e. The minimum absolute atomic E-state index is 0.0482. The number of aromatic nitrogens is 1. The first-order valence-electron chi connectivity index (χ1n) is 10.5.